The van der Waals surface area contributed by atoms with Crippen LogP contribution in [0.2, 0.25) is 0 Å². The van der Waals surface area contributed by atoms with E-state index in [0.29, 0.717) is 18.4 Å². The van der Waals surface area contributed by atoms with E-state index in [1.165, 1.54) is 0 Å². The number of rotatable bonds is 11. The van der Waals surface area contributed by atoms with Crippen molar-refractivity contribution in [2.24, 2.45) is 0 Å². The third-order valence-electron chi connectivity index (χ3n) is 6.59. The van der Waals surface area contributed by atoms with Gasteiger partial charge in [0, 0.05) is 18.9 Å². The highest BCUT2D eigenvalue weighted by Crippen LogP contribution is 2.44. The summed E-state index contributed by atoms with van der Waals surface area (Å²) in [4.78, 5) is 22.9. The molecule has 36 heavy (non-hydrogen) atoms. The van der Waals surface area contributed by atoms with Crippen LogP contribution in [0.3, 0.4) is 0 Å². The van der Waals surface area contributed by atoms with Crippen molar-refractivity contribution in [3.63, 3.8) is 0 Å². The topological polar surface area (TPSA) is 116 Å². The van der Waals surface area contributed by atoms with Gasteiger partial charge < -0.3 is 25.4 Å². The number of alkyl carbamates (subject to hydrolysis) is 1. The van der Waals surface area contributed by atoms with Crippen LogP contribution >= 0.6 is 0 Å². The Morgan fingerprint density at radius 2 is 1.50 bits per heavy atom. The van der Waals surface area contributed by atoms with Crippen molar-refractivity contribution in [1.29, 1.82) is 0 Å². The van der Waals surface area contributed by atoms with E-state index < -0.39 is 24.3 Å². The number of ether oxygens (including phenoxy) is 1. The monoisotopic (exact) mass is 489 g/mol. The van der Waals surface area contributed by atoms with E-state index in [4.69, 9.17) is 9.84 Å². The normalized spacial score (nSPS) is 13.9. The standard InChI is InChI=1S/C29H31NO6/c31-26(28(34)20-14-12-19(13-15-20)6-5-11-27(32)33)16-17-30-29(35)36-18-25-23-9-3-1-7-21(23)22-8-2-4-10-24(22)25/h1-4,7-10,12-15,25-26,28,31,34H,5-6,11,16-18H2,(H,30,35)(H,32,33). The molecule has 0 bridgehead atoms. The second-order valence-corrected chi connectivity index (χ2v) is 9.04. The van der Waals surface area contributed by atoms with Gasteiger partial charge in [0.2, 0.25) is 0 Å². The summed E-state index contributed by atoms with van der Waals surface area (Å²) in [5.74, 6) is -0.848. The number of fused-ring (bicyclic) bond motifs is 3. The van der Waals surface area contributed by atoms with Crippen molar-refractivity contribution in [2.75, 3.05) is 13.2 Å². The van der Waals surface area contributed by atoms with Crippen LogP contribution in [0.5, 0.6) is 0 Å². The van der Waals surface area contributed by atoms with Crippen LogP contribution < -0.4 is 5.32 Å². The summed E-state index contributed by atoms with van der Waals surface area (Å²) in [5.41, 5.74) is 6.13. The summed E-state index contributed by atoms with van der Waals surface area (Å²) in [5, 5.41) is 32.2. The smallest absolute Gasteiger partial charge is 0.407 e. The van der Waals surface area contributed by atoms with Crippen LogP contribution in [0.15, 0.2) is 72.8 Å². The zero-order valence-electron chi connectivity index (χ0n) is 20.0. The van der Waals surface area contributed by atoms with Gasteiger partial charge in [-0.1, -0.05) is 72.8 Å². The maximum atomic E-state index is 12.3. The van der Waals surface area contributed by atoms with Gasteiger partial charge >= 0.3 is 12.1 Å². The lowest BCUT2D eigenvalue weighted by Gasteiger charge is -2.19. The first-order chi connectivity index (χ1) is 17.4. The molecule has 0 fully saturated rings. The molecule has 4 N–H and O–H groups in total. The molecule has 0 heterocycles. The number of aryl methyl sites for hydroxylation is 1. The van der Waals surface area contributed by atoms with Crippen molar-refractivity contribution >= 4 is 12.1 Å². The fourth-order valence-corrected chi connectivity index (χ4v) is 4.68. The molecule has 188 valence electrons. The molecule has 2 unspecified atom stereocenters. The number of carboxylic acid groups (broad SMARTS) is 1. The third kappa shape index (κ3) is 6.11. The Labute approximate surface area is 210 Å². The summed E-state index contributed by atoms with van der Waals surface area (Å²) in [7, 11) is 0. The Morgan fingerprint density at radius 1 is 0.889 bits per heavy atom. The largest absolute Gasteiger partial charge is 0.481 e. The zero-order chi connectivity index (χ0) is 25.5. The van der Waals surface area contributed by atoms with Gasteiger partial charge in [-0.25, -0.2) is 4.79 Å². The molecule has 2 atom stereocenters. The maximum Gasteiger partial charge on any atom is 0.407 e. The van der Waals surface area contributed by atoms with E-state index in [-0.39, 0.29) is 31.9 Å². The summed E-state index contributed by atoms with van der Waals surface area (Å²) in [6.45, 7) is 0.367. The first kappa shape index (κ1) is 25.4. The van der Waals surface area contributed by atoms with E-state index in [2.05, 4.69) is 29.6 Å². The zero-order valence-corrected chi connectivity index (χ0v) is 20.0. The average Bonchev–Trinajstić information content (AvgIpc) is 3.21. The molecule has 7 heteroatoms. The molecule has 3 aromatic rings. The molecule has 0 aliphatic heterocycles. The molecule has 1 aliphatic carbocycles. The number of amides is 1. The molecule has 0 aromatic heterocycles. The highest BCUT2D eigenvalue weighted by atomic mass is 16.5. The molecular formula is C29H31NO6. The van der Waals surface area contributed by atoms with Gasteiger partial charge in [0.25, 0.3) is 0 Å². The summed E-state index contributed by atoms with van der Waals surface area (Å²) in [6, 6.07) is 23.3. The van der Waals surface area contributed by atoms with Crippen LogP contribution in [0.1, 0.15) is 53.5 Å². The van der Waals surface area contributed by atoms with Crippen LogP contribution in [-0.2, 0) is 16.0 Å². The van der Waals surface area contributed by atoms with Crippen molar-refractivity contribution in [2.45, 2.75) is 43.8 Å². The number of carbonyl (C=O) groups is 2. The number of aliphatic hydroxyl groups is 2. The van der Waals surface area contributed by atoms with E-state index >= 15 is 0 Å². The summed E-state index contributed by atoms with van der Waals surface area (Å²) < 4.78 is 5.50. The fraction of sp³-hybridized carbons (Fsp3) is 0.310. The van der Waals surface area contributed by atoms with Crippen molar-refractivity contribution < 1.29 is 29.6 Å². The highest BCUT2D eigenvalue weighted by Gasteiger charge is 2.29. The number of carboxylic acids is 1. The molecule has 0 saturated heterocycles. The highest BCUT2D eigenvalue weighted by molar-refractivity contribution is 5.79. The lowest BCUT2D eigenvalue weighted by Crippen LogP contribution is -2.30. The molecule has 7 nitrogen and oxygen atoms in total. The van der Waals surface area contributed by atoms with Gasteiger partial charge in [-0.2, -0.15) is 0 Å². The van der Waals surface area contributed by atoms with Crippen molar-refractivity contribution in [3.8, 4) is 11.1 Å². The lowest BCUT2D eigenvalue weighted by molar-refractivity contribution is -0.137. The SMILES string of the molecule is O=C(O)CCCc1ccc(C(O)C(O)CCNC(=O)OCC2c3ccccc3-c3ccccc32)cc1. The Hall–Kier alpha value is -3.68. The Bertz CT molecular complexity index is 1150. The molecule has 0 spiro atoms. The quantitative estimate of drug-likeness (QED) is 0.317. The van der Waals surface area contributed by atoms with Gasteiger partial charge in [-0.3, -0.25) is 4.79 Å². The van der Waals surface area contributed by atoms with Gasteiger partial charge in [0.15, 0.2) is 0 Å². The van der Waals surface area contributed by atoms with Gasteiger partial charge in [-0.05, 0) is 52.6 Å². The molecular weight excluding hydrogens is 458 g/mol. The molecule has 0 saturated carbocycles. The number of carbonyl (C=O) groups excluding carboxylic acids is 1. The maximum absolute atomic E-state index is 12.3. The van der Waals surface area contributed by atoms with Crippen molar-refractivity contribution in [3.05, 3.63) is 95.1 Å². The van der Waals surface area contributed by atoms with Crippen LogP contribution in [0.25, 0.3) is 11.1 Å². The molecule has 0 radical (unpaired) electrons. The first-order valence-electron chi connectivity index (χ1n) is 12.2. The Kier molecular flexibility index (Phi) is 8.36. The van der Waals surface area contributed by atoms with Gasteiger partial charge in [0.1, 0.15) is 12.7 Å². The van der Waals surface area contributed by atoms with Gasteiger partial charge in [-0.15, -0.1) is 0 Å². The number of hydrogen-bond donors (Lipinski definition) is 4. The lowest BCUT2D eigenvalue weighted by atomic mass is 9.98. The molecule has 1 amide bonds. The van der Waals surface area contributed by atoms with Crippen molar-refractivity contribution in [1.82, 2.24) is 5.32 Å². The van der Waals surface area contributed by atoms with Crippen LogP contribution in [0, 0.1) is 0 Å². The van der Waals surface area contributed by atoms with E-state index in [9.17, 15) is 19.8 Å². The Balaban J connectivity index is 1.22. The molecule has 4 rings (SSSR count). The number of benzene rings is 3. The number of aliphatic carboxylic acids is 1. The minimum absolute atomic E-state index is 0.0253. The van der Waals surface area contributed by atoms with E-state index in [0.717, 1.165) is 27.8 Å². The Morgan fingerprint density at radius 3 is 2.11 bits per heavy atom. The fourth-order valence-electron chi connectivity index (χ4n) is 4.68. The predicted molar refractivity (Wildman–Crippen MR) is 136 cm³/mol. The first-order valence-corrected chi connectivity index (χ1v) is 12.2. The predicted octanol–water partition coefficient (Wildman–Crippen LogP) is 4.42. The minimum Gasteiger partial charge on any atom is -0.481 e. The van der Waals surface area contributed by atoms with E-state index in [1.807, 2.05) is 36.4 Å². The number of aliphatic hydroxyl groups excluding tert-OH is 2. The number of hydrogen-bond acceptors (Lipinski definition) is 5. The van der Waals surface area contributed by atoms with Crippen LogP contribution in [-0.4, -0.2) is 46.6 Å². The average molecular weight is 490 g/mol. The third-order valence-corrected chi connectivity index (χ3v) is 6.59. The summed E-state index contributed by atoms with van der Waals surface area (Å²) in [6.07, 6.45) is -1.27. The van der Waals surface area contributed by atoms with E-state index in [1.54, 1.807) is 12.1 Å². The molecule has 3 aromatic carbocycles. The van der Waals surface area contributed by atoms with Crippen LogP contribution in [0.4, 0.5) is 4.79 Å². The number of nitrogens with one attached hydrogen (secondary N) is 1. The molecule has 1 aliphatic rings. The second kappa shape index (κ2) is 11.8. The second-order valence-electron chi connectivity index (χ2n) is 9.04. The van der Waals surface area contributed by atoms with Gasteiger partial charge in [0.05, 0.1) is 6.10 Å². The minimum atomic E-state index is -1.10. The summed E-state index contributed by atoms with van der Waals surface area (Å²) >= 11 is 0.